The van der Waals surface area contributed by atoms with Crippen LogP contribution in [0.3, 0.4) is 0 Å². The first-order valence-electron chi connectivity index (χ1n) is 4.74. The lowest BCUT2D eigenvalue weighted by Gasteiger charge is -2.21. The molecule has 0 aromatic heterocycles. The maximum Gasteiger partial charge on any atom is 0.0198 e. The Bertz CT molecular complexity index is 117. The summed E-state index contributed by atoms with van der Waals surface area (Å²) in [6.45, 7) is 11.8. The predicted octanol–water partition coefficient (Wildman–Crippen LogP) is 2.59. The van der Waals surface area contributed by atoms with Gasteiger partial charge in [0.1, 0.15) is 0 Å². The summed E-state index contributed by atoms with van der Waals surface area (Å²) >= 11 is 4.20. The van der Waals surface area contributed by atoms with Gasteiger partial charge in [-0.05, 0) is 25.9 Å². The summed E-state index contributed by atoms with van der Waals surface area (Å²) in [5.74, 6) is 0.809. The smallest absolute Gasteiger partial charge is 0.0198 e. The molecule has 2 heteroatoms. The summed E-state index contributed by atoms with van der Waals surface area (Å²) in [6.07, 6.45) is 2.44. The SMILES string of the molecule is C=C(CS)CN(CCC)CCC. The lowest BCUT2D eigenvalue weighted by Crippen LogP contribution is -2.27. The van der Waals surface area contributed by atoms with Crippen LogP contribution < -0.4 is 0 Å². The van der Waals surface area contributed by atoms with Crippen molar-refractivity contribution in [1.82, 2.24) is 4.90 Å². The third-order valence-corrected chi connectivity index (χ3v) is 2.20. The van der Waals surface area contributed by atoms with Crippen molar-refractivity contribution in [3.05, 3.63) is 12.2 Å². The molecule has 0 aliphatic rings. The number of hydrogen-bond donors (Lipinski definition) is 1. The van der Waals surface area contributed by atoms with Crippen molar-refractivity contribution in [1.29, 1.82) is 0 Å². The Morgan fingerprint density at radius 2 is 1.75 bits per heavy atom. The van der Waals surface area contributed by atoms with Crippen LogP contribution in [0.5, 0.6) is 0 Å². The van der Waals surface area contributed by atoms with Crippen LogP contribution in [0.15, 0.2) is 12.2 Å². The maximum absolute atomic E-state index is 4.20. The fourth-order valence-corrected chi connectivity index (χ4v) is 1.37. The van der Waals surface area contributed by atoms with E-state index in [-0.39, 0.29) is 0 Å². The van der Waals surface area contributed by atoms with Gasteiger partial charge in [-0.2, -0.15) is 12.6 Å². The van der Waals surface area contributed by atoms with Crippen LogP contribution in [0.1, 0.15) is 26.7 Å². The van der Waals surface area contributed by atoms with Gasteiger partial charge in [-0.15, -0.1) is 0 Å². The summed E-state index contributed by atoms with van der Waals surface area (Å²) in [5.41, 5.74) is 1.22. The van der Waals surface area contributed by atoms with Crippen LogP contribution in [0.4, 0.5) is 0 Å². The molecule has 0 saturated carbocycles. The van der Waals surface area contributed by atoms with Crippen LogP contribution in [-0.4, -0.2) is 30.3 Å². The zero-order chi connectivity index (χ0) is 9.40. The minimum absolute atomic E-state index is 0.809. The van der Waals surface area contributed by atoms with Gasteiger partial charge >= 0.3 is 0 Å². The van der Waals surface area contributed by atoms with Crippen molar-refractivity contribution in [3.8, 4) is 0 Å². The molecule has 0 saturated heterocycles. The molecule has 72 valence electrons. The zero-order valence-corrected chi connectivity index (χ0v) is 9.24. The number of hydrogen-bond acceptors (Lipinski definition) is 2. The molecule has 0 bridgehead atoms. The Kier molecular flexibility index (Phi) is 7.72. The summed E-state index contributed by atoms with van der Waals surface area (Å²) < 4.78 is 0. The second-order valence-electron chi connectivity index (χ2n) is 3.18. The topological polar surface area (TPSA) is 3.24 Å². The van der Waals surface area contributed by atoms with E-state index in [0.29, 0.717) is 0 Å². The molecule has 12 heavy (non-hydrogen) atoms. The maximum atomic E-state index is 4.20. The second kappa shape index (κ2) is 7.69. The third-order valence-electron chi connectivity index (χ3n) is 1.75. The number of nitrogens with zero attached hydrogens (tertiary/aromatic N) is 1. The molecule has 1 nitrogen and oxygen atoms in total. The highest BCUT2D eigenvalue weighted by atomic mass is 32.1. The van der Waals surface area contributed by atoms with Crippen molar-refractivity contribution < 1.29 is 0 Å². The Labute approximate surface area is 82.2 Å². The van der Waals surface area contributed by atoms with Gasteiger partial charge in [0.25, 0.3) is 0 Å². The van der Waals surface area contributed by atoms with Gasteiger partial charge in [-0.25, -0.2) is 0 Å². The average molecular weight is 187 g/mol. The predicted molar refractivity (Wildman–Crippen MR) is 60.0 cm³/mol. The highest BCUT2D eigenvalue weighted by molar-refractivity contribution is 7.80. The van der Waals surface area contributed by atoms with Gasteiger partial charge in [0, 0.05) is 12.3 Å². The van der Waals surface area contributed by atoms with E-state index in [1.165, 1.54) is 31.5 Å². The van der Waals surface area contributed by atoms with E-state index in [9.17, 15) is 0 Å². The molecule has 0 rings (SSSR count). The highest BCUT2D eigenvalue weighted by Gasteiger charge is 2.02. The molecule has 0 aromatic carbocycles. The lowest BCUT2D eigenvalue weighted by molar-refractivity contribution is 0.298. The molecule has 0 aromatic rings. The van der Waals surface area contributed by atoms with E-state index in [2.05, 4.69) is 38.0 Å². The molecule has 0 unspecified atom stereocenters. The van der Waals surface area contributed by atoms with Crippen LogP contribution in [0.25, 0.3) is 0 Å². The van der Waals surface area contributed by atoms with E-state index in [1.54, 1.807) is 0 Å². The van der Waals surface area contributed by atoms with E-state index in [0.717, 1.165) is 12.3 Å². The van der Waals surface area contributed by atoms with E-state index < -0.39 is 0 Å². The third kappa shape index (κ3) is 5.67. The average Bonchev–Trinajstić information content (AvgIpc) is 2.05. The Hall–Kier alpha value is 0.0500. The van der Waals surface area contributed by atoms with Crippen LogP contribution in [-0.2, 0) is 0 Å². The number of rotatable bonds is 7. The fourth-order valence-electron chi connectivity index (χ4n) is 1.27. The molecule has 0 aliphatic carbocycles. The van der Waals surface area contributed by atoms with Gasteiger partial charge in [-0.3, -0.25) is 4.90 Å². The monoisotopic (exact) mass is 187 g/mol. The molecule has 0 spiro atoms. The molecule has 0 fully saturated rings. The molecule has 0 aliphatic heterocycles. The highest BCUT2D eigenvalue weighted by Crippen LogP contribution is 2.01. The van der Waals surface area contributed by atoms with Crippen LogP contribution in [0, 0.1) is 0 Å². The van der Waals surface area contributed by atoms with Gasteiger partial charge in [0.2, 0.25) is 0 Å². The lowest BCUT2D eigenvalue weighted by atomic mass is 10.3. The van der Waals surface area contributed by atoms with Gasteiger partial charge in [-0.1, -0.05) is 26.0 Å². The minimum Gasteiger partial charge on any atom is -0.299 e. The molecule has 0 heterocycles. The standard InChI is InChI=1S/C10H21NS/c1-4-6-11(7-5-2)8-10(3)9-12/h12H,3-9H2,1-2H3. The number of thiol groups is 1. The molecule has 0 radical (unpaired) electrons. The summed E-state index contributed by atoms with van der Waals surface area (Å²) in [5, 5.41) is 0. The largest absolute Gasteiger partial charge is 0.299 e. The van der Waals surface area contributed by atoms with Gasteiger partial charge in [0.15, 0.2) is 0 Å². The van der Waals surface area contributed by atoms with Crippen LogP contribution in [0.2, 0.25) is 0 Å². The zero-order valence-electron chi connectivity index (χ0n) is 8.34. The normalized spacial score (nSPS) is 10.7. The van der Waals surface area contributed by atoms with Crippen molar-refractivity contribution >= 4 is 12.6 Å². The first kappa shape index (κ1) is 12.0. The Morgan fingerprint density at radius 3 is 2.08 bits per heavy atom. The quantitative estimate of drug-likeness (QED) is 0.473. The van der Waals surface area contributed by atoms with E-state index >= 15 is 0 Å². The summed E-state index contributed by atoms with van der Waals surface area (Å²) in [7, 11) is 0. The van der Waals surface area contributed by atoms with Gasteiger partial charge < -0.3 is 0 Å². The molecular weight excluding hydrogens is 166 g/mol. The van der Waals surface area contributed by atoms with Crippen molar-refractivity contribution in [2.24, 2.45) is 0 Å². The Morgan fingerprint density at radius 1 is 1.25 bits per heavy atom. The van der Waals surface area contributed by atoms with E-state index in [1.807, 2.05) is 0 Å². The van der Waals surface area contributed by atoms with Crippen molar-refractivity contribution in [3.63, 3.8) is 0 Å². The summed E-state index contributed by atoms with van der Waals surface area (Å²) in [4.78, 5) is 2.44. The molecule has 0 N–H and O–H groups in total. The Balaban J connectivity index is 3.68. The first-order chi connectivity index (χ1) is 5.74. The fraction of sp³-hybridized carbons (Fsp3) is 0.800. The van der Waals surface area contributed by atoms with E-state index in [4.69, 9.17) is 0 Å². The molecular formula is C10H21NS. The van der Waals surface area contributed by atoms with Crippen LogP contribution >= 0.6 is 12.6 Å². The second-order valence-corrected chi connectivity index (χ2v) is 3.50. The molecule has 0 atom stereocenters. The van der Waals surface area contributed by atoms with Gasteiger partial charge in [0.05, 0.1) is 0 Å². The minimum atomic E-state index is 0.809. The molecule has 0 amide bonds. The van der Waals surface area contributed by atoms with Crippen molar-refractivity contribution in [2.75, 3.05) is 25.4 Å². The first-order valence-corrected chi connectivity index (χ1v) is 5.37. The van der Waals surface area contributed by atoms with Crippen molar-refractivity contribution in [2.45, 2.75) is 26.7 Å². The summed E-state index contributed by atoms with van der Waals surface area (Å²) in [6, 6.07) is 0.